The average molecular weight is 384 g/mol. The van der Waals surface area contributed by atoms with Crippen LogP contribution in [0.25, 0.3) is 0 Å². The van der Waals surface area contributed by atoms with Gasteiger partial charge in [0.05, 0.1) is 19.1 Å². The number of nitrogens with zero attached hydrogens (tertiary/aromatic N) is 2. The molecule has 8 nitrogen and oxygen atoms in total. The van der Waals surface area contributed by atoms with Crippen molar-refractivity contribution in [2.45, 2.75) is 25.9 Å². The molecule has 0 aliphatic carbocycles. The Labute approximate surface area is 161 Å². The number of rotatable bonds is 4. The van der Waals surface area contributed by atoms with E-state index in [1.165, 1.54) is 31.3 Å². The first-order valence-corrected chi connectivity index (χ1v) is 8.66. The van der Waals surface area contributed by atoms with Gasteiger partial charge in [-0.1, -0.05) is 24.3 Å². The van der Waals surface area contributed by atoms with Gasteiger partial charge in [0, 0.05) is 25.1 Å². The lowest BCUT2D eigenvalue weighted by Crippen LogP contribution is -2.49. The van der Waals surface area contributed by atoms with E-state index in [1.54, 1.807) is 6.92 Å². The third kappa shape index (κ3) is 3.40. The maximum atomic E-state index is 13.3. The van der Waals surface area contributed by atoms with Crippen molar-refractivity contribution in [1.82, 2.24) is 4.90 Å². The number of hydrogen-bond acceptors (Lipinski definition) is 6. The van der Waals surface area contributed by atoms with Gasteiger partial charge >= 0.3 is 5.97 Å². The zero-order valence-electron chi connectivity index (χ0n) is 15.8. The van der Waals surface area contributed by atoms with Gasteiger partial charge in [-0.25, -0.2) is 4.79 Å². The molecule has 0 saturated heterocycles. The predicted molar refractivity (Wildman–Crippen MR) is 100 cm³/mol. The SMILES string of the molecule is COC(=O)[C@@H]1Cc2ccccc2CN1C(=O)c1cc(OC)c(C)cc1[N+](=O)[O-]. The quantitative estimate of drug-likeness (QED) is 0.456. The molecule has 28 heavy (non-hydrogen) atoms. The summed E-state index contributed by atoms with van der Waals surface area (Å²) in [6.07, 6.45) is 0.283. The summed E-state index contributed by atoms with van der Waals surface area (Å²) < 4.78 is 10.1. The number of methoxy groups -OCH3 is 2. The zero-order chi connectivity index (χ0) is 20.4. The lowest BCUT2D eigenvalue weighted by Gasteiger charge is -2.35. The summed E-state index contributed by atoms with van der Waals surface area (Å²) >= 11 is 0. The highest BCUT2D eigenvalue weighted by Crippen LogP contribution is 2.32. The molecule has 0 fully saturated rings. The highest BCUT2D eigenvalue weighted by Gasteiger charge is 2.38. The number of nitro benzene ring substituents is 1. The van der Waals surface area contributed by atoms with E-state index in [0.717, 1.165) is 11.1 Å². The zero-order valence-corrected chi connectivity index (χ0v) is 15.8. The van der Waals surface area contributed by atoms with Crippen LogP contribution in [-0.4, -0.2) is 42.0 Å². The molecule has 0 spiro atoms. The Morgan fingerprint density at radius 1 is 1.18 bits per heavy atom. The van der Waals surface area contributed by atoms with Crippen molar-refractivity contribution in [1.29, 1.82) is 0 Å². The molecule has 1 amide bonds. The van der Waals surface area contributed by atoms with E-state index in [2.05, 4.69) is 0 Å². The van der Waals surface area contributed by atoms with Crippen molar-refractivity contribution in [3.8, 4) is 5.75 Å². The fraction of sp³-hybridized carbons (Fsp3) is 0.300. The van der Waals surface area contributed by atoms with Crippen LogP contribution in [0.1, 0.15) is 27.0 Å². The molecular weight excluding hydrogens is 364 g/mol. The summed E-state index contributed by atoms with van der Waals surface area (Å²) in [7, 11) is 2.68. The van der Waals surface area contributed by atoms with E-state index >= 15 is 0 Å². The summed E-state index contributed by atoms with van der Waals surface area (Å²) in [5.41, 5.74) is 1.92. The third-order valence-electron chi connectivity index (χ3n) is 4.92. The first-order valence-electron chi connectivity index (χ1n) is 8.66. The first kappa shape index (κ1) is 19.3. The minimum atomic E-state index is -0.862. The molecule has 0 radical (unpaired) electrons. The van der Waals surface area contributed by atoms with Gasteiger partial charge in [0.15, 0.2) is 0 Å². The second-order valence-electron chi connectivity index (χ2n) is 6.54. The van der Waals surface area contributed by atoms with Crippen LogP contribution in [-0.2, 0) is 22.5 Å². The fourth-order valence-electron chi connectivity index (χ4n) is 3.45. The summed E-state index contributed by atoms with van der Waals surface area (Å²) in [4.78, 5) is 37.9. The second-order valence-corrected chi connectivity index (χ2v) is 6.54. The molecule has 0 aromatic heterocycles. The minimum Gasteiger partial charge on any atom is -0.496 e. The number of esters is 1. The van der Waals surface area contributed by atoms with Crippen LogP contribution in [0.3, 0.4) is 0 Å². The summed E-state index contributed by atoms with van der Waals surface area (Å²) in [5.74, 6) is -0.819. The second kappa shape index (κ2) is 7.67. The number of nitro groups is 1. The van der Waals surface area contributed by atoms with E-state index in [9.17, 15) is 19.7 Å². The Balaban J connectivity index is 2.09. The van der Waals surface area contributed by atoms with Crippen LogP contribution in [0.4, 0.5) is 5.69 Å². The van der Waals surface area contributed by atoms with E-state index in [1.807, 2.05) is 24.3 Å². The molecule has 0 bridgehead atoms. The van der Waals surface area contributed by atoms with Gasteiger partial charge in [-0.15, -0.1) is 0 Å². The number of benzene rings is 2. The van der Waals surface area contributed by atoms with Gasteiger partial charge in [-0.3, -0.25) is 14.9 Å². The van der Waals surface area contributed by atoms with Gasteiger partial charge in [0.1, 0.15) is 17.4 Å². The highest BCUT2D eigenvalue weighted by molar-refractivity contribution is 6.01. The highest BCUT2D eigenvalue weighted by atomic mass is 16.6. The van der Waals surface area contributed by atoms with Crippen LogP contribution in [0.5, 0.6) is 5.75 Å². The fourth-order valence-corrected chi connectivity index (χ4v) is 3.45. The maximum absolute atomic E-state index is 13.3. The molecule has 1 atom stereocenters. The Morgan fingerprint density at radius 3 is 2.46 bits per heavy atom. The van der Waals surface area contributed by atoms with Crippen LogP contribution in [0.2, 0.25) is 0 Å². The van der Waals surface area contributed by atoms with Crippen LogP contribution >= 0.6 is 0 Å². The van der Waals surface area contributed by atoms with E-state index in [4.69, 9.17) is 9.47 Å². The summed E-state index contributed by atoms with van der Waals surface area (Å²) in [6.45, 7) is 1.82. The standard InChI is InChI=1S/C20H20N2O6/c1-12-8-16(22(25)26)15(10-18(12)27-2)19(23)21-11-14-7-5-4-6-13(14)9-17(21)20(24)28-3/h4-8,10,17H,9,11H2,1-3H3/t17-/m0/s1. The van der Waals surface area contributed by atoms with Crippen molar-refractivity contribution >= 4 is 17.6 Å². The molecule has 2 aromatic carbocycles. The molecule has 1 aliphatic rings. The predicted octanol–water partition coefficient (Wildman–Crippen LogP) is 2.65. The van der Waals surface area contributed by atoms with E-state index in [-0.39, 0.29) is 24.2 Å². The molecule has 8 heteroatoms. The van der Waals surface area contributed by atoms with Crippen molar-refractivity contribution in [2.75, 3.05) is 14.2 Å². The molecule has 146 valence electrons. The van der Waals surface area contributed by atoms with Crippen LogP contribution in [0, 0.1) is 17.0 Å². The minimum absolute atomic E-state index is 0.124. The lowest BCUT2D eigenvalue weighted by molar-refractivity contribution is -0.385. The van der Waals surface area contributed by atoms with E-state index in [0.29, 0.717) is 11.3 Å². The lowest BCUT2D eigenvalue weighted by atomic mass is 9.93. The largest absolute Gasteiger partial charge is 0.496 e. The van der Waals surface area contributed by atoms with Gasteiger partial charge < -0.3 is 14.4 Å². The van der Waals surface area contributed by atoms with Crippen molar-refractivity contribution in [3.05, 3.63) is 68.8 Å². The molecule has 1 heterocycles. The number of hydrogen-bond donors (Lipinski definition) is 0. The van der Waals surface area contributed by atoms with Crippen molar-refractivity contribution in [3.63, 3.8) is 0 Å². The molecule has 3 rings (SSSR count). The summed E-state index contributed by atoms with van der Waals surface area (Å²) in [6, 6.07) is 9.26. The van der Waals surface area contributed by atoms with Crippen LogP contribution in [0.15, 0.2) is 36.4 Å². The molecule has 1 aliphatic heterocycles. The van der Waals surface area contributed by atoms with Gasteiger partial charge in [-0.2, -0.15) is 0 Å². The molecular formula is C20H20N2O6. The average Bonchev–Trinajstić information content (AvgIpc) is 2.71. The first-order chi connectivity index (χ1) is 13.4. The van der Waals surface area contributed by atoms with Gasteiger partial charge in [0.2, 0.25) is 0 Å². The summed E-state index contributed by atoms with van der Waals surface area (Å²) in [5, 5.41) is 11.5. The van der Waals surface area contributed by atoms with E-state index < -0.39 is 22.8 Å². The van der Waals surface area contributed by atoms with Gasteiger partial charge in [-0.05, 0) is 23.6 Å². The number of aryl methyl sites for hydroxylation is 1. The number of carbonyl (C=O) groups excluding carboxylic acids is 2. The Hall–Kier alpha value is -3.42. The smallest absolute Gasteiger partial charge is 0.328 e. The number of fused-ring (bicyclic) bond motifs is 1. The molecule has 0 N–H and O–H groups in total. The monoisotopic (exact) mass is 384 g/mol. The molecule has 2 aromatic rings. The Morgan fingerprint density at radius 2 is 1.86 bits per heavy atom. The molecule has 0 unspecified atom stereocenters. The topological polar surface area (TPSA) is 99.0 Å². The maximum Gasteiger partial charge on any atom is 0.328 e. The van der Waals surface area contributed by atoms with Crippen molar-refractivity contribution < 1.29 is 24.0 Å². The normalized spacial score (nSPS) is 15.5. The number of carbonyl (C=O) groups is 2. The molecule has 0 saturated carbocycles. The Kier molecular flexibility index (Phi) is 5.30. The number of ether oxygens (including phenoxy) is 2. The van der Waals surface area contributed by atoms with Crippen LogP contribution < -0.4 is 4.74 Å². The third-order valence-corrected chi connectivity index (χ3v) is 4.92. The number of amides is 1. The van der Waals surface area contributed by atoms with Gasteiger partial charge in [0.25, 0.3) is 11.6 Å². The Bertz CT molecular complexity index is 956. The van der Waals surface area contributed by atoms with Crippen molar-refractivity contribution in [2.24, 2.45) is 0 Å².